The molecular weight excluding hydrogens is 286 g/mol. The number of aliphatic hydroxyl groups is 1. The Morgan fingerprint density at radius 2 is 2.14 bits per heavy atom. The molecule has 6 nitrogen and oxygen atoms in total. The zero-order valence-corrected chi connectivity index (χ0v) is 11.4. The van der Waals surface area contributed by atoms with Gasteiger partial charge in [0.1, 0.15) is 12.4 Å². The lowest BCUT2D eigenvalue weighted by molar-refractivity contribution is 0.0284. The van der Waals surface area contributed by atoms with Crippen molar-refractivity contribution < 1.29 is 28.5 Å². The molecule has 1 aromatic carbocycles. The molecule has 0 unspecified atom stereocenters. The number of carboxylic acid groups (broad SMARTS) is 1. The van der Waals surface area contributed by atoms with Crippen molar-refractivity contribution in [1.29, 1.82) is 0 Å². The molecule has 0 aliphatic heterocycles. The highest BCUT2D eigenvalue weighted by atomic mass is 19.3. The van der Waals surface area contributed by atoms with Crippen molar-refractivity contribution in [3.63, 3.8) is 0 Å². The number of benzene rings is 1. The molecule has 0 amide bonds. The van der Waals surface area contributed by atoms with E-state index in [2.05, 4.69) is 5.10 Å². The summed E-state index contributed by atoms with van der Waals surface area (Å²) in [6.07, 6.45) is 0. The van der Waals surface area contributed by atoms with Crippen LogP contribution in [0.1, 0.15) is 30.9 Å². The Balaban J connectivity index is 2.46. The van der Waals surface area contributed by atoms with Gasteiger partial charge in [0, 0.05) is 11.5 Å². The van der Waals surface area contributed by atoms with Crippen LogP contribution >= 0.6 is 0 Å². The van der Waals surface area contributed by atoms with Gasteiger partial charge in [0.2, 0.25) is 0 Å². The first-order chi connectivity index (χ1) is 9.69. The van der Waals surface area contributed by atoms with Gasteiger partial charge >= 0.3 is 12.5 Å². The first kappa shape index (κ1) is 15.2. The van der Waals surface area contributed by atoms with Gasteiger partial charge in [-0.15, -0.1) is 0 Å². The highest BCUT2D eigenvalue weighted by molar-refractivity contribution is 6.01. The van der Waals surface area contributed by atoms with Crippen LogP contribution in [0.2, 0.25) is 0 Å². The molecule has 0 spiro atoms. The molecule has 2 aromatic rings. The summed E-state index contributed by atoms with van der Waals surface area (Å²) < 4.78 is 31.4. The minimum absolute atomic E-state index is 0.0346. The molecule has 1 heterocycles. The smallest absolute Gasteiger partial charge is 0.357 e. The third-order valence-electron chi connectivity index (χ3n) is 2.66. The molecule has 0 aliphatic rings. The van der Waals surface area contributed by atoms with E-state index in [-0.39, 0.29) is 23.3 Å². The van der Waals surface area contributed by atoms with Crippen LogP contribution < -0.4 is 4.74 Å². The SMILES string of the molecule is CC(C)(O)COc1ccc2c(C(=O)O)nn(C(F)F)c2c1. The number of halogens is 2. The van der Waals surface area contributed by atoms with E-state index in [0.717, 1.165) is 0 Å². The standard InChI is InChI=1S/C13H14F2N2O4/c1-13(2,20)6-21-7-3-4-8-9(5-7)17(12(14)15)16-10(8)11(18)19/h3-5,12,20H,6H2,1-2H3,(H,18,19). The fourth-order valence-electron chi connectivity index (χ4n) is 1.77. The van der Waals surface area contributed by atoms with Crippen LogP contribution in [0.3, 0.4) is 0 Å². The van der Waals surface area contributed by atoms with Crippen molar-refractivity contribution in [2.75, 3.05) is 6.61 Å². The van der Waals surface area contributed by atoms with Gasteiger partial charge in [-0.3, -0.25) is 0 Å². The molecule has 0 fully saturated rings. The van der Waals surface area contributed by atoms with Crippen LogP contribution in [-0.4, -0.2) is 38.2 Å². The van der Waals surface area contributed by atoms with Gasteiger partial charge in [-0.1, -0.05) is 0 Å². The van der Waals surface area contributed by atoms with E-state index in [9.17, 15) is 18.7 Å². The minimum Gasteiger partial charge on any atom is -0.491 e. The Kier molecular flexibility index (Phi) is 3.82. The number of carboxylic acids is 1. The lowest BCUT2D eigenvalue weighted by Gasteiger charge is -2.17. The highest BCUT2D eigenvalue weighted by Gasteiger charge is 2.21. The van der Waals surface area contributed by atoms with Crippen molar-refractivity contribution >= 4 is 16.9 Å². The van der Waals surface area contributed by atoms with E-state index in [1.807, 2.05) is 0 Å². The zero-order chi connectivity index (χ0) is 15.8. The van der Waals surface area contributed by atoms with Crippen LogP contribution in [0.15, 0.2) is 18.2 Å². The zero-order valence-electron chi connectivity index (χ0n) is 11.4. The maximum Gasteiger partial charge on any atom is 0.357 e. The topological polar surface area (TPSA) is 84.6 Å². The first-order valence-corrected chi connectivity index (χ1v) is 6.08. The van der Waals surface area contributed by atoms with E-state index in [1.165, 1.54) is 32.0 Å². The summed E-state index contributed by atoms with van der Waals surface area (Å²) in [6, 6.07) is 4.06. The van der Waals surface area contributed by atoms with Gasteiger partial charge in [-0.2, -0.15) is 13.9 Å². The second-order valence-electron chi connectivity index (χ2n) is 5.16. The monoisotopic (exact) mass is 300 g/mol. The molecule has 2 rings (SSSR count). The highest BCUT2D eigenvalue weighted by Crippen LogP contribution is 2.27. The van der Waals surface area contributed by atoms with E-state index >= 15 is 0 Å². The Morgan fingerprint density at radius 1 is 1.48 bits per heavy atom. The number of ether oxygens (including phenoxy) is 1. The van der Waals surface area contributed by atoms with E-state index in [4.69, 9.17) is 9.84 Å². The molecule has 1 aromatic heterocycles. The number of fused-ring (bicyclic) bond motifs is 1. The Morgan fingerprint density at radius 3 is 2.67 bits per heavy atom. The van der Waals surface area contributed by atoms with Crippen molar-refractivity contribution in [2.45, 2.75) is 26.0 Å². The third kappa shape index (κ3) is 3.27. The molecule has 0 saturated heterocycles. The van der Waals surface area contributed by atoms with Gasteiger partial charge in [0.25, 0.3) is 0 Å². The largest absolute Gasteiger partial charge is 0.491 e. The lowest BCUT2D eigenvalue weighted by Crippen LogP contribution is -2.27. The average molecular weight is 300 g/mol. The van der Waals surface area contributed by atoms with Gasteiger partial charge in [-0.25, -0.2) is 9.48 Å². The van der Waals surface area contributed by atoms with Crippen molar-refractivity contribution in [3.05, 3.63) is 23.9 Å². The average Bonchev–Trinajstić information content (AvgIpc) is 2.74. The summed E-state index contributed by atoms with van der Waals surface area (Å²) in [5, 5.41) is 22.0. The fourth-order valence-corrected chi connectivity index (χ4v) is 1.77. The van der Waals surface area contributed by atoms with Gasteiger partial charge in [0.15, 0.2) is 5.69 Å². The van der Waals surface area contributed by atoms with Crippen LogP contribution in [-0.2, 0) is 0 Å². The molecule has 0 bridgehead atoms. The maximum atomic E-state index is 12.9. The van der Waals surface area contributed by atoms with Crippen LogP contribution in [0.5, 0.6) is 5.75 Å². The molecule has 21 heavy (non-hydrogen) atoms. The third-order valence-corrected chi connectivity index (χ3v) is 2.66. The minimum atomic E-state index is -2.97. The summed E-state index contributed by atoms with van der Waals surface area (Å²) in [7, 11) is 0. The quantitative estimate of drug-likeness (QED) is 0.885. The summed E-state index contributed by atoms with van der Waals surface area (Å²) in [5.74, 6) is -1.15. The normalized spacial score (nSPS) is 12.1. The van der Waals surface area contributed by atoms with E-state index < -0.39 is 23.8 Å². The second kappa shape index (κ2) is 5.28. The van der Waals surface area contributed by atoms with Gasteiger partial charge < -0.3 is 14.9 Å². The van der Waals surface area contributed by atoms with Gasteiger partial charge in [-0.05, 0) is 26.0 Å². The number of aromatic carboxylic acids is 1. The second-order valence-corrected chi connectivity index (χ2v) is 5.16. The molecular formula is C13H14F2N2O4. The molecule has 0 radical (unpaired) electrons. The number of rotatable bonds is 5. The number of hydrogen-bond acceptors (Lipinski definition) is 4. The molecule has 0 saturated carbocycles. The van der Waals surface area contributed by atoms with Crippen LogP contribution in [0, 0.1) is 0 Å². The fraction of sp³-hybridized carbons (Fsp3) is 0.385. The summed E-state index contributed by atoms with van der Waals surface area (Å²) in [4.78, 5) is 11.0. The molecule has 2 N–H and O–H groups in total. The Hall–Kier alpha value is -2.22. The van der Waals surface area contributed by atoms with Crippen LogP contribution in [0.4, 0.5) is 8.78 Å². The maximum absolute atomic E-state index is 12.9. The Bertz CT molecular complexity index is 677. The lowest BCUT2D eigenvalue weighted by atomic mass is 10.1. The summed E-state index contributed by atoms with van der Waals surface area (Å²) >= 11 is 0. The van der Waals surface area contributed by atoms with Crippen molar-refractivity contribution in [3.8, 4) is 5.75 Å². The van der Waals surface area contributed by atoms with Crippen molar-refractivity contribution in [2.24, 2.45) is 0 Å². The number of alkyl halides is 2. The molecule has 8 heteroatoms. The summed E-state index contributed by atoms with van der Waals surface area (Å²) in [6.45, 7) is 0.0762. The first-order valence-electron chi connectivity index (χ1n) is 6.08. The van der Waals surface area contributed by atoms with Gasteiger partial charge in [0.05, 0.1) is 11.1 Å². The van der Waals surface area contributed by atoms with E-state index in [0.29, 0.717) is 4.68 Å². The molecule has 0 atom stereocenters. The van der Waals surface area contributed by atoms with Crippen LogP contribution in [0.25, 0.3) is 10.9 Å². The summed E-state index contributed by atoms with van der Waals surface area (Å²) in [5.41, 5.74) is -1.57. The number of carbonyl (C=O) groups is 1. The number of hydrogen-bond donors (Lipinski definition) is 2. The van der Waals surface area contributed by atoms with E-state index in [1.54, 1.807) is 0 Å². The van der Waals surface area contributed by atoms with Crippen molar-refractivity contribution in [1.82, 2.24) is 9.78 Å². The number of aromatic nitrogens is 2. The Labute approximate surface area is 118 Å². The predicted molar refractivity (Wildman–Crippen MR) is 69.7 cm³/mol. The molecule has 0 aliphatic carbocycles. The predicted octanol–water partition coefficient (Wildman–Crippen LogP) is 2.28. The molecule has 114 valence electrons. The number of nitrogens with zero attached hydrogens (tertiary/aromatic N) is 2.